The number of amides is 1. The first kappa shape index (κ1) is 27.4. The van der Waals surface area contributed by atoms with Crippen molar-refractivity contribution in [3.8, 4) is 11.9 Å². The van der Waals surface area contributed by atoms with Gasteiger partial charge in [-0.25, -0.2) is 4.85 Å². The number of hydrogen-bond acceptors (Lipinski definition) is 6. The molecule has 206 valence electrons. The molecular weight excluding hydrogens is 512 g/mol. The smallest absolute Gasteiger partial charge is 0.243 e. The van der Waals surface area contributed by atoms with E-state index in [9.17, 15) is 10.1 Å². The molecule has 2 heterocycles. The van der Waals surface area contributed by atoms with Crippen molar-refractivity contribution in [2.45, 2.75) is 51.2 Å². The van der Waals surface area contributed by atoms with E-state index < -0.39 is 6.04 Å². The van der Waals surface area contributed by atoms with Crippen molar-refractivity contribution in [1.29, 1.82) is 5.26 Å². The minimum absolute atomic E-state index is 0.0740. The molecule has 1 aliphatic carbocycles. The zero-order chi connectivity index (χ0) is 28.4. The number of aromatic nitrogens is 3. The molecule has 4 aromatic rings. The van der Waals surface area contributed by atoms with Crippen molar-refractivity contribution in [2.24, 2.45) is 5.92 Å². The van der Waals surface area contributed by atoms with Crippen molar-refractivity contribution in [3.63, 3.8) is 0 Å². The van der Waals surface area contributed by atoms with Gasteiger partial charge in [0.25, 0.3) is 0 Å². The van der Waals surface area contributed by atoms with Crippen LogP contribution in [0, 0.1) is 23.8 Å². The molecule has 9 heteroatoms. The Morgan fingerprint density at radius 1 is 1.00 bits per heavy atom. The van der Waals surface area contributed by atoms with Crippen LogP contribution in [0.15, 0.2) is 79.1 Å². The Morgan fingerprint density at radius 3 is 2.51 bits per heavy atom. The lowest BCUT2D eigenvalue weighted by atomic mass is 9.83. The lowest BCUT2D eigenvalue weighted by Gasteiger charge is -2.30. The number of hydrogen-bond donors (Lipinski definition) is 3. The molecule has 2 aromatic heterocycles. The van der Waals surface area contributed by atoms with E-state index in [4.69, 9.17) is 16.5 Å². The normalized spacial score (nSPS) is 13.9. The predicted octanol–water partition coefficient (Wildman–Crippen LogP) is 5.98. The summed E-state index contributed by atoms with van der Waals surface area (Å²) in [5, 5.41) is 19.1. The molecule has 0 radical (unpaired) electrons. The standard InChI is InChI=1S/C32H32N8O/c1-34-27-14-12-23(13-15-27)21-35-31(41)30(26-10-3-2-4-11-26)37-28-19-29(40-16-5-6-17-40)39-32(38-28)36-22-25-9-7-8-24(18-25)20-33/h5-9,12-19,26,30H,2-4,10-11,21-22H2,(H,35,41)(H2,36,37,38,39)/t30-/m1/s1. The summed E-state index contributed by atoms with van der Waals surface area (Å²) in [4.78, 5) is 26.5. The topological polar surface area (TPSA) is 112 Å². The molecule has 5 rings (SSSR count). The average Bonchev–Trinajstić information content (AvgIpc) is 3.58. The first-order valence-corrected chi connectivity index (χ1v) is 13.9. The Labute approximate surface area is 240 Å². The van der Waals surface area contributed by atoms with Gasteiger partial charge in [-0.2, -0.15) is 15.2 Å². The second-order valence-corrected chi connectivity index (χ2v) is 10.2. The van der Waals surface area contributed by atoms with Crippen LogP contribution in [0.1, 0.15) is 48.8 Å². The number of nitriles is 1. The van der Waals surface area contributed by atoms with Gasteiger partial charge in [0.2, 0.25) is 11.9 Å². The molecular formula is C32H32N8O. The summed E-state index contributed by atoms with van der Waals surface area (Å²) in [6.45, 7) is 7.97. The highest BCUT2D eigenvalue weighted by Gasteiger charge is 2.30. The quantitative estimate of drug-likeness (QED) is 0.212. The van der Waals surface area contributed by atoms with Crippen LogP contribution in [-0.2, 0) is 17.9 Å². The minimum atomic E-state index is -0.453. The van der Waals surface area contributed by atoms with Crippen molar-refractivity contribution in [1.82, 2.24) is 19.9 Å². The lowest BCUT2D eigenvalue weighted by molar-refractivity contribution is -0.123. The van der Waals surface area contributed by atoms with Crippen LogP contribution in [0.3, 0.4) is 0 Å². The van der Waals surface area contributed by atoms with Gasteiger partial charge in [0.15, 0.2) is 5.69 Å². The Balaban J connectivity index is 1.37. The number of nitrogens with zero attached hydrogens (tertiary/aromatic N) is 5. The molecule has 1 amide bonds. The van der Waals surface area contributed by atoms with Crippen molar-refractivity contribution >= 4 is 23.4 Å². The molecule has 0 spiro atoms. The Hall–Kier alpha value is -5.15. The van der Waals surface area contributed by atoms with Gasteiger partial charge in [0.05, 0.1) is 18.2 Å². The maximum absolute atomic E-state index is 13.6. The molecule has 1 atom stereocenters. The van der Waals surface area contributed by atoms with Gasteiger partial charge in [-0.3, -0.25) is 4.79 Å². The van der Waals surface area contributed by atoms with Gasteiger partial charge >= 0.3 is 0 Å². The minimum Gasteiger partial charge on any atom is -0.358 e. The average molecular weight is 545 g/mol. The largest absolute Gasteiger partial charge is 0.358 e. The fourth-order valence-electron chi connectivity index (χ4n) is 5.15. The molecule has 0 unspecified atom stereocenters. The van der Waals surface area contributed by atoms with E-state index in [1.165, 1.54) is 6.42 Å². The maximum atomic E-state index is 13.6. The summed E-state index contributed by atoms with van der Waals surface area (Å²) in [6.07, 6.45) is 9.15. The van der Waals surface area contributed by atoms with E-state index in [-0.39, 0.29) is 11.8 Å². The molecule has 2 aromatic carbocycles. The van der Waals surface area contributed by atoms with Gasteiger partial charge in [0, 0.05) is 31.5 Å². The summed E-state index contributed by atoms with van der Waals surface area (Å²) in [5.41, 5.74) is 3.05. The van der Waals surface area contributed by atoms with Gasteiger partial charge in [-0.05, 0) is 54.2 Å². The number of carbonyl (C=O) groups excluding carboxylic acids is 1. The lowest BCUT2D eigenvalue weighted by Crippen LogP contribution is -2.45. The van der Waals surface area contributed by atoms with Crippen LogP contribution in [0.5, 0.6) is 0 Å². The Bertz CT molecular complexity index is 1540. The zero-order valence-electron chi connectivity index (χ0n) is 22.8. The molecule has 41 heavy (non-hydrogen) atoms. The second-order valence-electron chi connectivity index (χ2n) is 10.2. The third kappa shape index (κ3) is 7.28. The Kier molecular flexibility index (Phi) is 8.88. The van der Waals surface area contributed by atoms with Crippen molar-refractivity contribution < 1.29 is 4.79 Å². The third-order valence-electron chi connectivity index (χ3n) is 7.33. The van der Waals surface area contributed by atoms with Gasteiger partial charge in [0.1, 0.15) is 17.7 Å². The summed E-state index contributed by atoms with van der Waals surface area (Å²) in [7, 11) is 0. The van der Waals surface area contributed by atoms with Crippen LogP contribution in [0.2, 0.25) is 0 Å². The molecule has 0 aliphatic heterocycles. The summed E-state index contributed by atoms with van der Waals surface area (Å²) < 4.78 is 1.90. The van der Waals surface area contributed by atoms with Crippen LogP contribution in [0.4, 0.5) is 17.5 Å². The first-order chi connectivity index (χ1) is 20.1. The molecule has 9 nitrogen and oxygen atoms in total. The van der Waals surface area contributed by atoms with E-state index in [1.54, 1.807) is 18.2 Å². The molecule has 3 N–H and O–H groups in total. The molecule has 0 saturated heterocycles. The number of carbonyl (C=O) groups is 1. The number of anilines is 2. The summed E-state index contributed by atoms with van der Waals surface area (Å²) in [5.74, 6) is 1.76. The third-order valence-corrected chi connectivity index (χ3v) is 7.33. The fourth-order valence-corrected chi connectivity index (χ4v) is 5.15. The van der Waals surface area contributed by atoms with Crippen molar-refractivity contribution in [2.75, 3.05) is 10.6 Å². The summed E-state index contributed by atoms with van der Waals surface area (Å²) >= 11 is 0. The van der Waals surface area contributed by atoms with E-state index in [0.29, 0.717) is 41.9 Å². The van der Waals surface area contributed by atoms with Crippen LogP contribution >= 0.6 is 0 Å². The van der Waals surface area contributed by atoms with E-state index in [1.807, 2.05) is 65.5 Å². The number of benzene rings is 2. The fraction of sp³-hybridized carbons (Fsp3) is 0.281. The van der Waals surface area contributed by atoms with Crippen LogP contribution in [0.25, 0.3) is 10.7 Å². The van der Waals surface area contributed by atoms with E-state index in [0.717, 1.165) is 36.8 Å². The summed E-state index contributed by atoms with van der Waals surface area (Å²) in [6, 6.07) is 22.1. The van der Waals surface area contributed by atoms with E-state index >= 15 is 0 Å². The van der Waals surface area contributed by atoms with Crippen LogP contribution < -0.4 is 16.0 Å². The highest BCUT2D eigenvalue weighted by atomic mass is 16.2. The number of nitrogens with one attached hydrogen (secondary N) is 3. The zero-order valence-corrected chi connectivity index (χ0v) is 22.8. The van der Waals surface area contributed by atoms with Gasteiger partial charge < -0.3 is 20.5 Å². The number of rotatable bonds is 10. The molecule has 1 aliphatic rings. The first-order valence-electron chi connectivity index (χ1n) is 13.9. The SMILES string of the molecule is [C-]#[N+]c1ccc(CNC(=O)[C@H](Nc2cc(-n3cccc3)nc(NCc3cccc(C#N)c3)n2)C2CCCCC2)cc1. The molecule has 0 bridgehead atoms. The monoisotopic (exact) mass is 544 g/mol. The predicted molar refractivity (Wildman–Crippen MR) is 158 cm³/mol. The molecule has 1 saturated carbocycles. The highest BCUT2D eigenvalue weighted by molar-refractivity contribution is 5.85. The van der Waals surface area contributed by atoms with Crippen LogP contribution in [-0.4, -0.2) is 26.5 Å². The van der Waals surface area contributed by atoms with Gasteiger partial charge in [-0.15, -0.1) is 0 Å². The van der Waals surface area contributed by atoms with E-state index in [2.05, 4.69) is 26.9 Å². The second kappa shape index (κ2) is 13.3. The Morgan fingerprint density at radius 2 is 1.78 bits per heavy atom. The highest BCUT2D eigenvalue weighted by Crippen LogP contribution is 2.29. The van der Waals surface area contributed by atoms with Gasteiger partial charge in [-0.1, -0.05) is 55.7 Å². The maximum Gasteiger partial charge on any atom is 0.243 e. The van der Waals surface area contributed by atoms with Crippen molar-refractivity contribution in [3.05, 3.63) is 107 Å². The molecule has 1 fully saturated rings.